The molecule has 1 heterocycles. The van der Waals surface area contributed by atoms with Crippen LogP contribution in [0.1, 0.15) is 42.7 Å². The second kappa shape index (κ2) is 9.27. The molecule has 2 atom stereocenters. The van der Waals surface area contributed by atoms with Crippen LogP contribution in [-0.2, 0) is 11.2 Å². The maximum absolute atomic E-state index is 13.8. The topological polar surface area (TPSA) is 52.6 Å². The van der Waals surface area contributed by atoms with Gasteiger partial charge in [0, 0.05) is 25.0 Å². The normalized spacial score (nSPS) is 23.2. The highest BCUT2D eigenvalue weighted by molar-refractivity contribution is 5.66. The molecule has 0 aromatic heterocycles. The number of piperidine rings is 1. The van der Waals surface area contributed by atoms with Crippen LogP contribution >= 0.6 is 0 Å². The summed E-state index contributed by atoms with van der Waals surface area (Å²) in [5, 5.41) is 12.8. The standard InChI is InChI=1S/C25H31FN2O2/c26-21-8-4-5-19(15-21)17-25(10-13-28(14-11-25)12-9-24(29)30)18-27-23-16-22(23)20-6-2-1-3-7-20/h1-8,15,22-23,27H,9-14,16-18H2,(H,29,30). The Hall–Kier alpha value is -2.24. The molecule has 1 aliphatic carbocycles. The Kier molecular flexibility index (Phi) is 6.49. The molecule has 0 radical (unpaired) electrons. The molecular weight excluding hydrogens is 379 g/mol. The maximum Gasteiger partial charge on any atom is 0.304 e. The van der Waals surface area contributed by atoms with Crippen molar-refractivity contribution < 1.29 is 14.3 Å². The van der Waals surface area contributed by atoms with E-state index in [-0.39, 0.29) is 17.7 Å². The molecule has 30 heavy (non-hydrogen) atoms. The van der Waals surface area contributed by atoms with Gasteiger partial charge in [0.25, 0.3) is 0 Å². The van der Waals surface area contributed by atoms with Gasteiger partial charge in [-0.2, -0.15) is 0 Å². The van der Waals surface area contributed by atoms with Crippen molar-refractivity contribution >= 4 is 5.97 Å². The van der Waals surface area contributed by atoms with Gasteiger partial charge in [-0.05, 0) is 67.4 Å². The van der Waals surface area contributed by atoms with Crippen LogP contribution in [0.4, 0.5) is 4.39 Å². The van der Waals surface area contributed by atoms with Crippen molar-refractivity contribution in [1.29, 1.82) is 0 Å². The van der Waals surface area contributed by atoms with Crippen molar-refractivity contribution in [3.05, 3.63) is 71.5 Å². The number of rotatable bonds is 9. The molecule has 0 bridgehead atoms. The van der Waals surface area contributed by atoms with Crippen LogP contribution < -0.4 is 5.32 Å². The number of nitrogens with one attached hydrogen (secondary N) is 1. The first kappa shape index (κ1) is 21.0. The van der Waals surface area contributed by atoms with Gasteiger partial charge in [0.2, 0.25) is 0 Å². The summed E-state index contributed by atoms with van der Waals surface area (Å²) in [4.78, 5) is 13.2. The van der Waals surface area contributed by atoms with Crippen LogP contribution in [0.5, 0.6) is 0 Å². The van der Waals surface area contributed by atoms with E-state index in [1.54, 1.807) is 12.1 Å². The second-order valence-electron chi connectivity index (χ2n) is 9.03. The van der Waals surface area contributed by atoms with E-state index in [1.807, 2.05) is 6.07 Å². The molecule has 2 aliphatic rings. The molecule has 1 aliphatic heterocycles. The maximum atomic E-state index is 13.8. The van der Waals surface area contributed by atoms with Crippen LogP contribution in [0.15, 0.2) is 54.6 Å². The van der Waals surface area contributed by atoms with Crippen LogP contribution in [0.25, 0.3) is 0 Å². The molecule has 0 spiro atoms. The van der Waals surface area contributed by atoms with E-state index >= 15 is 0 Å². The van der Waals surface area contributed by atoms with E-state index in [4.69, 9.17) is 5.11 Å². The van der Waals surface area contributed by atoms with Gasteiger partial charge in [-0.25, -0.2) is 4.39 Å². The minimum absolute atomic E-state index is 0.0807. The van der Waals surface area contributed by atoms with Crippen molar-refractivity contribution in [2.45, 2.75) is 44.1 Å². The third kappa shape index (κ3) is 5.46. The van der Waals surface area contributed by atoms with Crippen LogP contribution in [0, 0.1) is 11.2 Å². The van der Waals surface area contributed by atoms with Crippen LogP contribution in [0.3, 0.4) is 0 Å². The molecule has 5 heteroatoms. The zero-order valence-electron chi connectivity index (χ0n) is 17.4. The molecule has 2 fully saturated rings. The number of likely N-dealkylation sites (tertiary alicyclic amines) is 1. The first-order chi connectivity index (χ1) is 14.5. The molecule has 4 rings (SSSR count). The highest BCUT2D eigenvalue weighted by atomic mass is 19.1. The molecule has 2 unspecified atom stereocenters. The molecular formula is C25H31FN2O2. The molecule has 2 N–H and O–H groups in total. The predicted molar refractivity (Wildman–Crippen MR) is 116 cm³/mol. The molecule has 160 valence electrons. The van der Waals surface area contributed by atoms with E-state index in [0.717, 1.165) is 44.5 Å². The number of hydrogen-bond acceptors (Lipinski definition) is 3. The van der Waals surface area contributed by atoms with Gasteiger partial charge in [0.05, 0.1) is 6.42 Å². The number of benzene rings is 2. The number of aliphatic carboxylic acids is 1. The fraction of sp³-hybridized carbons (Fsp3) is 0.480. The highest BCUT2D eigenvalue weighted by Gasteiger charge is 2.41. The number of carbonyl (C=O) groups is 1. The van der Waals surface area contributed by atoms with Gasteiger partial charge < -0.3 is 15.3 Å². The summed E-state index contributed by atoms with van der Waals surface area (Å²) in [6.07, 6.45) is 4.21. The Morgan fingerprint density at radius 3 is 2.60 bits per heavy atom. The van der Waals surface area contributed by atoms with Gasteiger partial charge in [-0.3, -0.25) is 4.79 Å². The summed E-state index contributed by atoms with van der Waals surface area (Å²) in [5.41, 5.74) is 2.53. The summed E-state index contributed by atoms with van der Waals surface area (Å²) >= 11 is 0. The lowest BCUT2D eigenvalue weighted by atomic mass is 9.73. The summed E-state index contributed by atoms with van der Waals surface area (Å²) in [6.45, 7) is 3.33. The molecule has 2 aromatic carbocycles. The average Bonchev–Trinajstić information content (AvgIpc) is 3.52. The quantitative estimate of drug-likeness (QED) is 0.654. The number of carboxylic acids is 1. The van der Waals surface area contributed by atoms with E-state index in [9.17, 15) is 9.18 Å². The Morgan fingerprint density at radius 2 is 1.90 bits per heavy atom. The van der Waals surface area contributed by atoms with E-state index in [0.29, 0.717) is 18.5 Å². The predicted octanol–water partition coefficient (Wildman–Crippen LogP) is 4.07. The lowest BCUT2D eigenvalue weighted by molar-refractivity contribution is -0.137. The highest BCUT2D eigenvalue weighted by Crippen LogP contribution is 2.42. The smallest absolute Gasteiger partial charge is 0.304 e. The average molecular weight is 411 g/mol. The Morgan fingerprint density at radius 1 is 1.13 bits per heavy atom. The van der Waals surface area contributed by atoms with Crippen molar-refractivity contribution in [3.63, 3.8) is 0 Å². The summed E-state index contributed by atoms with van der Waals surface area (Å²) < 4.78 is 13.8. The lowest BCUT2D eigenvalue weighted by Gasteiger charge is -2.42. The lowest BCUT2D eigenvalue weighted by Crippen LogP contribution is -2.47. The molecule has 1 saturated carbocycles. The molecule has 4 nitrogen and oxygen atoms in total. The second-order valence-corrected chi connectivity index (χ2v) is 9.03. The van der Waals surface area contributed by atoms with Crippen molar-refractivity contribution in [3.8, 4) is 0 Å². The SMILES string of the molecule is O=C(O)CCN1CCC(CNC2CC2c2ccccc2)(Cc2cccc(F)c2)CC1. The third-order valence-corrected chi connectivity index (χ3v) is 6.78. The summed E-state index contributed by atoms with van der Waals surface area (Å²) in [6, 6.07) is 18.1. The fourth-order valence-corrected chi connectivity index (χ4v) is 4.84. The van der Waals surface area contributed by atoms with E-state index in [1.165, 1.54) is 18.1 Å². The monoisotopic (exact) mass is 410 g/mol. The zero-order valence-corrected chi connectivity index (χ0v) is 17.4. The number of hydrogen-bond donors (Lipinski definition) is 2. The molecule has 0 amide bonds. The zero-order chi connectivity index (χ0) is 21.0. The number of nitrogens with zero attached hydrogens (tertiary/aromatic N) is 1. The van der Waals surface area contributed by atoms with E-state index < -0.39 is 5.97 Å². The van der Waals surface area contributed by atoms with Crippen molar-refractivity contribution in [1.82, 2.24) is 10.2 Å². The van der Waals surface area contributed by atoms with Crippen LogP contribution in [0.2, 0.25) is 0 Å². The van der Waals surface area contributed by atoms with Crippen molar-refractivity contribution in [2.75, 3.05) is 26.2 Å². The summed E-state index contributed by atoms with van der Waals surface area (Å²) in [7, 11) is 0. The van der Waals surface area contributed by atoms with Gasteiger partial charge >= 0.3 is 5.97 Å². The van der Waals surface area contributed by atoms with Gasteiger partial charge in [0.1, 0.15) is 5.82 Å². The van der Waals surface area contributed by atoms with Gasteiger partial charge in [0.15, 0.2) is 0 Å². The third-order valence-electron chi connectivity index (χ3n) is 6.78. The molecule has 2 aromatic rings. The minimum Gasteiger partial charge on any atom is -0.481 e. The number of halogens is 1. The molecule has 1 saturated heterocycles. The fourth-order valence-electron chi connectivity index (χ4n) is 4.84. The summed E-state index contributed by atoms with van der Waals surface area (Å²) in [5.74, 6) is -0.331. The van der Waals surface area contributed by atoms with Crippen molar-refractivity contribution in [2.24, 2.45) is 5.41 Å². The minimum atomic E-state index is -0.742. The van der Waals surface area contributed by atoms with E-state index in [2.05, 4.69) is 40.5 Å². The Bertz CT molecular complexity index is 849. The Labute approximate surface area is 178 Å². The van der Waals surface area contributed by atoms with Gasteiger partial charge in [-0.15, -0.1) is 0 Å². The van der Waals surface area contributed by atoms with Crippen LogP contribution in [-0.4, -0.2) is 48.2 Å². The Balaban J connectivity index is 1.39. The first-order valence-electron chi connectivity index (χ1n) is 11.0. The van der Waals surface area contributed by atoms with Gasteiger partial charge in [-0.1, -0.05) is 42.5 Å². The largest absolute Gasteiger partial charge is 0.481 e. The number of carboxylic acid groups (broad SMARTS) is 1. The first-order valence-corrected chi connectivity index (χ1v) is 11.0.